The van der Waals surface area contributed by atoms with Gasteiger partial charge in [0.05, 0.1) is 19.1 Å². The van der Waals surface area contributed by atoms with Crippen molar-refractivity contribution in [1.29, 1.82) is 0 Å². The molecule has 0 radical (unpaired) electrons. The van der Waals surface area contributed by atoms with Crippen molar-refractivity contribution in [3.63, 3.8) is 0 Å². The molecular weight excluding hydrogens is 362 g/mol. The molecule has 144 valence electrons. The Hall–Kier alpha value is -3.06. The van der Waals surface area contributed by atoms with Crippen LogP contribution < -0.4 is 4.74 Å². The quantitative estimate of drug-likeness (QED) is 0.498. The van der Waals surface area contributed by atoms with Crippen LogP contribution in [0.4, 0.5) is 0 Å². The van der Waals surface area contributed by atoms with Crippen molar-refractivity contribution in [3.05, 3.63) is 75.3 Å². The topological polar surface area (TPSA) is 107 Å². The summed E-state index contributed by atoms with van der Waals surface area (Å²) in [5.41, 5.74) is -0.979. The molecule has 1 saturated carbocycles. The van der Waals surface area contributed by atoms with Crippen LogP contribution in [0.1, 0.15) is 45.0 Å². The van der Waals surface area contributed by atoms with Crippen LogP contribution in [-0.4, -0.2) is 40.9 Å². The van der Waals surface area contributed by atoms with Crippen molar-refractivity contribution in [2.45, 2.75) is 30.9 Å². The van der Waals surface area contributed by atoms with E-state index in [9.17, 15) is 24.8 Å². The summed E-state index contributed by atoms with van der Waals surface area (Å²) in [5, 5.41) is 22.8. The van der Waals surface area contributed by atoms with Crippen LogP contribution in [0.5, 0.6) is 5.75 Å². The monoisotopic (exact) mass is 381 g/mol. The third kappa shape index (κ3) is 2.32. The molecule has 1 spiro atoms. The number of nitro groups is 1. The highest BCUT2D eigenvalue weighted by molar-refractivity contribution is 6.30. The van der Waals surface area contributed by atoms with Gasteiger partial charge < -0.3 is 9.84 Å². The maximum Gasteiger partial charge on any atom is 0.221 e. The lowest BCUT2D eigenvalue weighted by Gasteiger charge is -2.43. The Bertz CT molecular complexity index is 932. The van der Waals surface area contributed by atoms with E-state index in [1.54, 1.807) is 36.4 Å². The second-order valence-electron chi connectivity index (χ2n) is 7.27. The Morgan fingerprint density at radius 2 is 1.61 bits per heavy atom. The summed E-state index contributed by atoms with van der Waals surface area (Å²) in [6.07, 6.45) is -1.18. The van der Waals surface area contributed by atoms with Gasteiger partial charge in [0, 0.05) is 22.5 Å². The van der Waals surface area contributed by atoms with Crippen LogP contribution in [-0.2, 0) is 0 Å². The Labute approximate surface area is 161 Å². The van der Waals surface area contributed by atoms with Gasteiger partial charge in [0.1, 0.15) is 11.2 Å². The van der Waals surface area contributed by atoms with Crippen LogP contribution in [0, 0.1) is 15.5 Å². The summed E-state index contributed by atoms with van der Waals surface area (Å²) in [6, 6.07) is 11.7. The van der Waals surface area contributed by atoms with Gasteiger partial charge in [-0.3, -0.25) is 19.7 Å². The van der Waals surface area contributed by atoms with E-state index in [1.165, 1.54) is 19.2 Å². The molecule has 0 amide bonds. The predicted molar refractivity (Wildman–Crippen MR) is 99.3 cm³/mol. The molecule has 2 aromatic carbocycles. The van der Waals surface area contributed by atoms with Crippen LogP contribution in [0.15, 0.2) is 48.5 Å². The van der Waals surface area contributed by atoms with Crippen molar-refractivity contribution in [1.82, 2.24) is 0 Å². The van der Waals surface area contributed by atoms with Crippen molar-refractivity contribution in [2.75, 3.05) is 7.11 Å². The smallest absolute Gasteiger partial charge is 0.221 e. The van der Waals surface area contributed by atoms with E-state index in [-0.39, 0.29) is 24.0 Å². The molecule has 28 heavy (non-hydrogen) atoms. The first kappa shape index (κ1) is 18.3. The SMILES string of the molecule is COc1ccc([C@H]2[C@H]([N+](=O)[O-])CC[C@@H](O)C23C(=O)c2ccccc2C3=O)cc1. The molecule has 1 N–H and O–H groups in total. The first-order valence-corrected chi connectivity index (χ1v) is 9.07. The number of ketones is 2. The lowest BCUT2D eigenvalue weighted by atomic mass is 9.57. The molecule has 0 aromatic heterocycles. The predicted octanol–water partition coefficient (Wildman–Crippen LogP) is 2.64. The second-order valence-corrected chi connectivity index (χ2v) is 7.27. The maximum atomic E-state index is 13.4. The van der Waals surface area contributed by atoms with E-state index in [1.807, 2.05) is 0 Å². The summed E-state index contributed by atoms with van der Waals surface area (Å²) in [6.45, 7) is 0. The molecule has 0 bridgehead atoms. The Kier molecular flexibility index (Phi) is 4.27. The van der Waals surface area contributed by atoms with Gasteiger partial charge in [-0.15, -0.1) is 0 Å². The van der Waals surface area contributed by atoms with Crippen molar-refractivity contribution in [2.24, 2.45) is 5.41 Å². The minimum Gasteiger partial charge on any atom is -0.497 e. The van der Waals surface area contributed by atoms with Gasteiger partial charge in [0.2, 0.25) is 6.04 Å². The van der Waals surface area contributed by atoms with Gasteiger partial charge in [-0.2, -0.15) is 0 Å². The molecule has 0 aliphatic heterocycles. The first-order valence-electron chi connectivity index (χ1n) is 9.07. The number of fused-ring (bicyclic) bond motifs is 1. The Morgan fingerprint density at radius 1 is 1.04 bits per heavy atom. The van der Waals surface area contributed by atoms with Gasteiger partial charge in [0.15, 0.2) is 11.6 Å². The number of aliphatic hydroxyl groups excluding tert-OH is 1. The van der Waals surface area contributed by atoms with Gasteiger partial charge in [-0.1, -0.05) is 36.4 Å². The van der Waals surface area contributed by atoms with Crippen LogP contribution in [0.3, 0.4) is 0 Å². The summed E-state index contributed by atoms with van der Waals surface area (Å²) in [4.78, 5) is 38.3. The fourth-order valence-electron chi connectivity index (χ4n) is 4.77. The van der Waals surface area contributed by atoms with E-state index < -0.39 is 40.0 Å². The number of carbonyl (C=O) groups excluding carboxylic acids is 2. The summed E-state index contributed by atoms with van der Waals surface area (Å²) in [7, 11) is 1.50. The zero-order valence-electron chi connectivity index (χ0n) is 15.2. The van der Waals surface area contributed by atoms with E-state index in [0.29, 0.717) is 11.3 Å². The van der Waals surface area contributed by atoms with Crippen LogP contribution >= 0.6 is 0 Å². The fourth-order valence-corrected chi connectivity index (χ4v) is 4.77. The number of Topliss-reactive ketones (excluding diaryl/α,β-unsaturated/α-hetero) is 2. The Morgan fingerprint density at radius 3 is 2.11 bits per heavy atom. The van der Waals surface area contributed by atoms with Crippen LogP contribution in [0.2, 0.25) is 0 Å². The van der Waals surface area contributed by atoms with E-state index in [2.05, 4.69) is 0 Å². The molecular formula is C21H19NO6. The largest absolute Gasteiger partial charge is 0.497 e. The third-order valence-electron chi connectivity index (χ3n) is 6.05. The molecule has 7 heteroatoms. The lowest BCUT2D eigenvalue weighted by Crippen LogP contribution is -2.57. The van der Waals surface area contributed by atoms with Crippen molar-refractivity contribution >= 4 is 11.6 Å². The zero-order valence-corrected chi connectivity index (χ0v) is 15.2. The number of hydrogen-bond acceptors (Lipinski definition) is 6. The van der Waals surface area contributed by atoms with Crippen molar-refractivity contribution < 1.29 is 24.4 Å². The maximum absolute atomic E-state index is 13.4. The number of methoxy groups -OCH3 is 1. The molecule has 0 saturated heterocycles. The average Bonchev–Trinajstić information content (AvgIpc) is 2.93. The number of benzene rings is 2. The van der Waals surface area contributed by atoms with E-state index >= 15 is 0 Å². The van der Waals surface area contributed by atoms with E-state index in [0.717, 1.165) is 0 Å². The third-order valence-corrected chi connectivity index (χ3v) is 6.05. The summed E-state index contributed by atoms with van der Waals surface area (Å²) < 4.78 is 5.14. The summed E-state index contributed by atoms with van der Waals surface area (Å²) in [5.74, 6) is -1.58. The molecule has 3 atom stereocenters. The fraction of sp³-hybridized carbons (Fsp3) is 0.333. The molecule has 0 heterocycles. The molecule has 0 unspecified atom stereocenters. The Balaban J connectivity index is 1.95. The van der Waals surface area contributed by atoms with Gasteiger partial charge >= 0.3 is 0 Å². The highest BCUT2D eigenvalue weighted by Crippen LogP contribution is 2.55. The molecule has 4 rings (SSSR count). The van der Waals surface area contributed by atoms with Gasteiger partial charge in [-0.25, -0.2) is 0 Å². The van der Waals surface area contributed by atoms with Gasteiger partial charge in [-0.05, 0) is 24.1 Å². The summed E-state index contributed by atoms with van der Waals surface area (Å²) >= 11 is 0. The average molecular weight is 381 g/mol. The first-order chi connectivity index (χ1) is 13.4. The number of carbonyl (C=O) groups is 2. The van der Waals surface area contributed by atoms with Crippen molar-refractivity contribution in [3.8, 4) is 5.75 Å². The lowest BCUT2D eigenvalue weighted by molar-refractivity contribution is -0.533. The second kappa shape index (κ2) is 6.53. The normalized spacial score (nSPS) is 25.6. The molecule has 7 nitrogen and oxygen atoms in total. The minimum absolute atomic E-state index is 0.0176. The number of aliphatic hydroxyl groups is 1. The number of rotatable bonds is 3. The molecule has 2 aliphatic rings. The molecule has 1 fully saturated rings. The van der Waals surface area contributed by atoms with E-state index in [4.69, 9.17) is 4.74 Å². The standard InChI is InChI=1S/C21H19NO6/c1-28-13-8-6-12(7-9-13)18-16(22(26)27)10-11-17(23)21(18)19(24)14-4-2-3-5-15(14)20(21)25/h2-9,16-18,23H,10-11H2,1H3/t16-,17-,18+/m1/s1. The highest BCUT2D eigenvalue weighted by atomic mass is 16.6. The molecule has 2 aliphatic carbocycles. The zero-order chi connectivity index (χ0) is 20.1. The number of hydrogen-bond donors (Lipinski definition) is 1. The highest BCUT2D eigenvalue weighted by Gasteiger charge is 2.67. The number of nitrogens with zero attached hydrogens (tertiary/aromatic N) is 1. The van der Waals surface area contributed by atoms with Gasteiger partial charge in [0.25, 0.3) is 0 Å². The van der Waals surface area contributed by atoms with Crippen LogP contribution in [0.25, 0.3) is 0 Å². The minimum atomic E-state index is -1.88. The molecule has 2 aromatic rings. The number of ether oxygens (including phenoxy) is 1.